The first-order chi connectivity index (χ1) is 12.3. The number of H-pyrrole nitrogens is 1. The Morgan fingerprint density at radius 2 is 1.96 bits per heavy atom. The summed E-state index contributed by atoms with van der Waals surface area (Å²) >= 11 is 1.84. The van der Waals surface area contributed by atoms with Gasteiger partial charge in [0.05, 0.1) is 6.20 Å². The summed E-state index contributed by atoms with van der Waals surface area (Å²) < 4.78 is 1.41. The Hall–Kier alpha value is -2.61. The highest BCUT2D eigenvalue weighted by molar-refractivity contribution is 7.99. The number of hydrogen-bond donors (Lipinski definition) is 1. The van der Waals surface area contributed by atoms with Gasteiger partial charge in [-0.1, -0.05) is 30.3 Å². The van der Waals surface area contributed by atoms with Gasteiger partial charge >= 0.3 is 0 Å². The average Bonchev–Trinajstić information content (AvgIpc) is 3.15. The van der Waals surface area contributed by atoms with Gasteiger partial charge in [-0.15, -0.1) is 0 Å². The van der Waals surface area contributed by atoms with Crippen LogP contribution in [0, 0.1) is 0 Å². The van der Waals surface area contributed by atoms with Gasteiger partial charge in [-0.3, -0.25) is 19.3 Å². The number of carbonyl (C=O) groups excluding carboxylic acids is 1. The van der Waals surface area contributed by atoms with Crippen molar-refractivity contribution >= 4 is 28.7 Å². The smallest absolute Gasteiger partial charge is 0.265 e. The van der Waals surface area contributed by atoms with Gasteiger partial charge in [0.25, 0.3) is 11.5 Å². The summed E-state index contributed by atoms with van der Waals surface area (Å²) in [5.41, 5.74) is 0.930. The molecule has 1 aromatic carbocycles. The zero-order valence-electron chi connectivity index (χ0n) is 13.5. The summed E-state index contributed by atoms with van der Waals surface area (Å²) in [6.07, 6.45) is 2.88. The molecule has 0 radical (unpaired) electrons. The van der Waals surface area contributed by atoms with Crippen molar-refractivity contribution < 1.29 is 4.79 Å². The van der Waals surface area contributed by atoms with Crippen LogP contribution in [0.1, 0.15) is 11.6 Å². The summed E-state index contributed by atoms with van der Waals surface area (Å²) in [6.45, 7) is 1.39. The van der Waals surface area contributed by atoms with E-state index in [1.807, 2.05) is 47.0 Å². The molecule has 1 aliphatic rings. The molecular weight excluding hydrogens is 338 g/mol. The lowest BCUT2D eigenvalue weighted by atomic mass is 10.0. The van der Waals surface area contributed by atoms with Crippen LogP contribution in [0.5, 0.6) is 0 Å². The average molecular weight is 355 g/mol. The molecule has 1 saturated heterocycles. The Morgan fingerprint density at radius 1 is 1.20 bits per heavy atom. The Bertz CT molecular complexity index is 946. The van der Waals surface area contributed by atoms with Gasteiger partial charge in [0, 0.05) is 24.6 Å². The fourth-order valence-electron chi connectivity index (χ4n) is 3.04. The number of nitrogens with one attached hydrogen (secondary N) is 1. The highest BCUT2D eigenvalue weighted by Gasteiger charge is 2.29. The van der Waals surface area contributed by atoms with Crippen molar-refractivity contribution in [2.45, 2.75) is 6.04 Å². The van der Waals surface area contributed by atoms with Crippen molar-refractivity contribution in [1.82, 2.24) is 24.6 Å². The Morgan fingerprint density at radius 3 is 2.72 bits per heavy atom. The lowest BCUT2D eigenvalue weighted by Crippen LogP contribution is -2.44. The maximum Gasteiger partial charge on any atom is 0.265 e. The molecule has 7 nitrogen and oxygen atoms in total. The van der Waals surface area contributed by atoms with E-state index < -0.39 is 6.04 Å². The summed E-state index contributed by atoms with van der Waals surface area (Å²) in [6, 6.07) is 8.65. The zero-order valence-corrected chi connectivity index (χ0v) is 14.3. The molecule has 0 spiro atoms. The van der Waals surface area contributed by atoms with E-state index in [-0.39, 0.29) is 11.5 Å². The molecule has 3 aromatic rings. The van der Waals surface area contributed by atoms with E-state index in [1.165, 1.54) is 17.1 Å². The number of aromatic amines is 1. The van der Waals surface area contributed by atoms with Crippen molar-refractivity contribution in [3.63, 3.8) is 0 Å². The number of aromatic nitrogens is 4. The number of nitrogens with zero attached hydrogens (tertiary/aromatic N) is 4. The van der Waals surface area contributed by atoms with Crippen molar-refractivity contribution in [2.24, 2.45) is 0 Å². The number of benzene rings is 1. The van der Waals surface area contributed by atoms with E-state index in [2.05, 4.69) is 15.2 Å². The number of amides is 1. The first kappa shape index (κ1) is 15.9. The fraction of sp³-hybridized carbons (Fsp3) is 0.294. The van der Waals surface area contributed by atoms with Crippen LogP contribution in [0.2, 0.25) is 0 Å². The highest BCUT2D eigenvalue weighted by atomic mass is 32.2. The predicted octanol–water partition coefficient (Wildman–Crippen LogP) is 1.28. The van der Waals surface area contributed by atoms with Crippen molar-refractivity contribution in [2.75, 3.05) is 24.6 Å². The molecule has 2 aromatic heterocycles. The van der Waals surface area contributed by atoms with Crippen molar-refractivity contribution in [3.05, 3.63) is 58.8 Å². The monoisotopic (exact) mass is 355 g/mol. The number of rotatable bonds is 3. The van der Waals surface area contributed by atoms with Crippen LogP contribution in [0.3, 0.4) is 0 Å². The molecule has 1 N–H and O–H groups in total. The van der Waals surface area contributed by atoms with Crippen LogP contribution in [-0.2, 0) is 4.79 Å². The second kappa shape index (κ2) is 6.72. The molecule has 4 rings (SSSR count). The van der Waals surface area contributed by atoms with E-state index in [1.54, 1.807) is 0 Å². The molecule has 0 aliphatic carbocycles. The summed E-state index contributed by atoms with van der Waals surface area (Å²) in [5, 5.41) is 6.94. The standard InChI is InChI=1S/C17H17N5O2S/c23-16-13-10-19-20-15(13)18-11-22(16)14(12-4-2-1-3-5-12)17(24)21-6-8-25-9-7-21/h1-5,10-11,14H,6-9H2,(H,19,20). The minimum atomic E-state index is -0.719. The van der Waals surface area contributed by atoms with Crippen LogP contribution in [-0.4, -0.2) is 55.2 Å². The lowest BCUT2D eigenvalue weighted by molar-refractivity contribution is -0.133. The minimum absolute atomic E-state index is 0.0711. The SMILES string of the molecule is O=C(C(c1ccccc1)n1cnc2[nH]ncc2c1=O)N1CCSCC1. The third-order valence-electron chi connectivity index (χ3n) is 4.35. The van der Waals surface area contributed by atoms with Crippen molar-refractivity contribution in [1.29, 1.82) is 0 Å². The number of hydrogen-bond acceptors (Lipinski definition) is 5. The zero-order chi connectivity index (χ0) is 17.2. The number of thioether (sulfide) groups is 1. The van der Waals surface area contributed by atoms with Crippen LogP contribution in [0.25, 0.3) is 11.0 Å². The Kier molecular flexibility index (Phi) is 4.27. The van der Waals surface area contributed by atoms with Gasteiger partial charge in [-0.2, -0.15) is 16.9 Å². The summed E-state index contributed by atoms with van der Waals surface area (Å²) in [7, 11) is 0. The first-order valence-corrected chi connectivity index (χ1v) is 9.23. The van der Waals surface area contributed by atoms with E-state index in [0.29, 0.717) is 24.1 Å². The van der Waals surface area contributed by atoms with E-state index in [9.17, 15) is 9.59 Å². The molecule has 25 heavy (non-hydrogen) atoms. The summed E-state index contributed by atoms with van der Waals surface area (Å²) in [5.74, 6) is 1.76. The van der Waals surface area contributed by atoms with Gasteiger partial charge in [0.2, 0.25) is 0 Å². The molecule has 128 valence electrons. The second-order valence-corrected chi connectivity index (χ2v) is 7.06. The van der Waals surface area contributed by atoms with Crippen LogP contribution < -0.4 is 5.56 Å². The molecule has 8 heteroatoms. The van der Waals surface area contributed by atoms with E-state index >= 15 is 0 Å². The predicted molar refractivity (Wildman–Crippen MR) is 96.6 cm³/mol. The largest absolute Gasteiger partial charge is 0.339 e. The molecule has 1 amide bonds. The summed E-state index contributed by atoms with van der Waals surface area (Å²) in [4.78, 5) is 32.2. The second-order valence-electron chi connectivity index (χ2n) is 5.84. The Labute approximate surface area is 148 Å². The minimum Gasteiger partial charge on any atom is -0.339 e. The maximum atomic E-state index is 13.2. The van der Waals surface area contributed by atoms with Gasteiger partial charge in [0.15, 0.2) is 5.65 Å². The van der Waals surface area contributed by atoms with Crippen molar-refractivity contribution in [3.8, 4) is 0 Å². The quantitative estimate of drug-likeness (QED) is 0.765. The number of carbonyl (C=O) groups is 1. The van der Waals surface area contributed by atoms with Crippen LogP contribution in [0.4, 0.5) is 0 Å². The molecule has 1 fully saturated rings. The highest BCUT2D eigenvalue weighted by Crippen LogP contribution is 2.22. The fourth-order valence-corrected chi connectivity index (χ4v) is 3.95. The first-order valence-electron chi connectivity index (χ1n) is 8.07. The third-order valence-corrected chi connectivity index (χ3v) is 5.29. The number of fused-ring (bicyclic) bond motifs is 1. The Balaban J connectivity index is 1.83. The van der Waals surface area contributed by atoms with Gasteiger partial charge < -0.3 is 4.90 Å². The topological polar surface area (TPSA) is 83.9 Å². The molecule has 1 atom stereocenters. The van der Waals surface area contributed by atoms with Gasteiger partial charge in [0.1, 0.15) is 17.8 Å². The van der Waals surface area contributed by atoms with Gasteiger partial charge in [-0.25, -0.2) is 4.98 Å². The third kappa shape index (κ3) is 2.93. The molecular formula is C17H17N5O2S. The van der Waals surface area contributed by atoms with E-state index in [0.717, 1.165) is 17.1 Å². The van der Waals surface area contributed by atoms with Gasteiger partial charge in [-0.05, 0) is 5.56 Å². The maximum absolute atomic E-state index is 13.2. The molecule has 0 saturated carbocycles. The van der Waals surface area contributed by atoms with Crippen LogP contribution >= 0.6 is 11.8 Å². The molecule has 0 bridgehead atoms. The molecule has 1 unspecified atom stereocenters. The molecule has 3 heterocycles. The lowest BCUT2D eigenvalue weighted by Gasteiger charge is -2.31. The normalized spacial score (nSPS) is 16.1. The van der Waals surface area contributed by atoms with Crippen LogP contribution in [0.15, 0.2) is 47.7 Å². The molecule has 1 aliphatic heterocycles. The van der Waals surface area contributed by atoms with E-state index in [4.69, 9.17) is 0 Å².